The lowest BCUT2D eigenvalue weighted by Gasteiger charge is -2.51. The Balaban J connectivity index is 1.73. The molecule has 0 aromatic carbocycles. The number of nitrogens with zero attached hydrogens (tertiary/aromatic N) is 1. The van der Waals surface area contributed by atoms with E-state index in [4.69, 9.17) is 10.5 Å². The summed E-state index contributed by atoms with van der Waals surface area (Å²) in [5, 5.41) is 0. The van der Waals surface area contributed by atoms with Crippen LogP contribution in [0, 0.1) is 5.41 Å². The van der Waals surface area contributed by atoms with E-state index in [-0.39, 0.29) is 35.4 Å². The zero-order valence-corrected chi connectivity index (χ0v) is 12.8. The molecule has 1 heterocycles. The molecule has 0 aromatic heterocycles. The highest BCUT2D eigenvalue weighted by atomic mass is 16.5. The minimum absolute atomic E-state index is 0.0296. The summed E-state index contributed by atoms with van der Waals surface area (Å²) in [7, 11) is 0. The second-order valence-electron chi connectivity index (χ2n) is 6.96. The molecule has 118 valence electrons. The van der Waals surface area contributed by atoms with Gasteiger partial charge in [0, 0.05) is 25.5 Å². The van der Waals surface area contributed by atoms with Gasteiger partial charge in [-0.15, -0.1) is 0 Å². The van der Waals surface area contributed by atoms with Crippen molar-refractivity contribution in [1.82, 2.24) is 4.90 Å². The van der Waals surface area contributed by atoms with Crippen LogP contribution in [0.25, 0.3) is 0 Å². The van der Waals surface area contributed by atoms with Crippen molar-refractivity contribution in [2.24, 2.45) is 11.1 Å². The summed E-state index contributed by atoms with van der Waals surface area (Å²) in [5.74, 6) is -0.0593. The SMILES string of the molecule is CCOC1CC(N)C1N1C(=O)CC2(CCCCC2)CC1=O. The van der Waals surface area contributed by atoms with Crippen LogP contribution < -0.4 is 5.73 Å². The monoisotopic (exact) mass is 294 g/mol. The maximum Gasteiger partial charge on any atom is 0.230 e. The number of hydrogen-bond donors (Lipinski definition) is 1. The number of ether oxygens (including phenoxy) is 1. The number of rotatable bonds is 3. The van der Waals surface area contributed by atoms with Crippen LogP contribution in [0.3, 0.4) is 0 Å². The highest BCUT2D eigenvalue weighted by molar-refractivity contribution is 5.99. The highest BCUT2D eigenvalue weighted by Crippen LogP contribution is 2.46. The van der Waals surface area contributed by atoms with E-state index in [1.165, 1.54) is 11.3 Å². The predicted molar refractivity (Wildman–Crippen MR) is 78.4 cm³/mol. The van der Waals surface area contributed by atoms with E-state index >= 15 is 0 Å². The molecule has 2 aliphatic carbocycles. The van der Waals surface area contributed by atoms with Crippen LogP contribution in [-0.4, -0.2) is 41.5 Å². The van der Waals surface area contributed by atoms with Crippen molar-refractivity contribution in [3.63, 3.8) is 0 Å². The fraction of sp³-hybridized carbons (Fsp3) is 0.875. The molecule has 3 fully saturated rings. The Morgan fingerprint density at radius 2 is 1.81 bits per heavy atom. The van der Waals surface area contributed by atoms with Gasteiger partial charge < -0.3 is 10.5 Å². The van der Waals surface area contributed by atoms with Gasteiger partial charge in [-0.2, -0.15) is 0 Å². The van der Waals surface area contributed by atoms with Gasteiger partial charge in [0.15, 0.2) is 0 Å². The zero-order valence-electron chi connectivity index (χ0n) is 12.8. The first-order chi connectivity index (χ1) is 10.1. The fourth-order valence-corrected chi connectivity index (χ4v) is 4.37. The molecular formula is C16H26N2O3. The molecule has 3 rings (SSSR count). The van der Waals surface area contributed by atoms with Crippen molar-refractivity contribution >= 4 is 11.8 Å². The third kappa shape index (κ3) is 2.61. The van der Waals surface area contributed by atoms with Crippen LogP contribution >= 0.6 is 0 Å². The van der Waals surface area contributed by atoms with Gasteiger partial charge >= 0.3 is 0 Å². The summed E-state index contributed by atoms with van der Waals surface area (Å²) in [6, 6.07) is -0.374. The second kappa shape index (κ2) is 5.69. The Morgan fingerprint density at radius 3 is 2.33 bits per heavy atom. The molecular weight excluding hydrogens is 268 g/mol. The molecule has 1 aliphatic heterocycles. The van der Waals surface area contributed by atoms with Gasteiger partial charge in [-0.25, -0.2) is 0 Å². The number of nitrogens with two attached hydrogens (primary N) is 1. The molecule has 3 unspecified atom stereocenters. The third-order valence-electron chi connectivity index (χ3n) is 5.51. The van der Waals surface area contributed by atoms with Crippen LogP contribution in [0.2, 0.25) is 0 Å². The van der Waals surface area contributed by atoms with E-state index in [1.807, 2.05) is 6.92 Å². The predicted octanol–water partition coefficient (Wildman–Crippen LogP) is 1.59. The summed E-state index contributed by atoms with van der Waals surface area (Å²) in [4.78, 5) is 26.6. The molecule has 0 bridgehead atoms. The van der Waals surface area contributed by atoms with Crippen molar-refractivity contribution in [3.8, 4) is 0 Å². The summed E-state index contributed by atoms with van der Waals surface area (Å²) in [6.07, 6.45) is 7.25. The van der Waals surface area contributed by atoms with Crippen LogP contribution in [-0.2, 0) is 14.3 Å². The van der Waals surface area contributed by atoms with Crippen molar-refractivity contribution < 1.29 is 14.3 Å². The van der Waals surface area contributed by atoms with Gasteiger partial charge in [0.05, 0.1) is 12.1 Å². The van der Waals surface area contributed by atoms with E-state index in [1.54, 1.807) is 0 Å². The lowest BCUT2D eigenvalue weighted by Crippen LogP contribution is -2.69. The van der Waals surface area contributed by atoms with Crippen molar-refractivity contribution in [2.45, 2.75) is 76.5 Å². The van der Waals surface area contributed by atoms with Crippen LogP contribution in [0.4, 0.5) is 0 Å². The number of carbonyl (C=O) groups excluding carboxylic acids is 2. The van der Waals surface area contributed by atoms with E-state index in [0.717, 1.165) is 32.1 Å². The molecule has 5 nitrogen and oxygen atoms in total. The molecule has 5 heteroatoms. The van der Waals surface area contributed by atoms with Crippen LogP contribution in [0.15, 0.2) is 0 Å². The standard InChI is InChI=1S/C16H26N2O3/c1-2-21-12-8-11(17)15(12)18-13(19)9-16(10-14(18)20)6-4-3-5-7-16/h11-12,15H,2-10,17H2,1H3. The molecule has 2 saturated carbocycles. The van der Waals surface area contributed by atoms with Gasteiger partial charge in [0.1, 0.15) is 0 Å². The van der Waals surface area contributed by atoms with Crippen LogP contribution in [0.5, 0.6) is 0 Å². The molecule has 3 aliphatic rings. The first kappa shape index (κ1) is 15.0. The maximum atomic E-state index is 12.6. The average molecular weight is 294 g/mol. The number of amides is 2. The third-order valence-corrected chi connectivity index (χ3v) is 5.51. The Labute approximate surface area is 126 Å². The average Bonchev–Trinajstić information content (AvgIpc) is 2.43. The Kier molecular flexibility index (Phi) is 4.06. The molecule has 3 atom stereocenters. The van der Waals surface area contributed by atoms with Crippen molar-refractivity contribution in [3.05, 3.63) is 0 Å². The lowest BCUT2D eigenvalue weighted by atomic mass is 9.67. The largest absolute Gasteiger partial charge is 0.376 e. The van der Waals surface area contributed by atoms with E-state index in [9.17, 15) is 9.59 Å². The van der Waals surface area contributed by atoms with E-state index < -0.39 is 0 Å². The van der Waals surface area contributed by atoms with Gasteiger partial charge in [-0.05, 0) is 31.6 Å². The summed E-state index contributed by atoms with van der Waals surface area (Å²) >= 11 is 0. The number of hydrogen-bond acceptors (Lipinski definition) is 4. The Hall–Kier alpha value is -0.940. The zero-order chi connectivity index (χ0) is 15.0. The van der Waals surface area contributed by atoms with Crippen LogP contribution in [0.1, 0.15) is 58.3 Å². The number of likely N-dealkylation sites (tertiary alicyclic amines) is 1. The molecule has 1 saturated heterocycles. The highest BCUT2D eigenvalue weighted by Gasteiger charge is 2.52. The van der Waals surface area contributed by atoms with Gasteiger partial charge in [0.2, 0.25) is 11.8 Å². The number of piperidine rings is 1. The van der Waals surface area contributed by atoms with Crippen molar-refractivity contribution in [2.75, 3.05) is 6.61 Å². The fourth-order valence-electron chi connectivity index (χ4n) is 4.37. The molecule has 21 heavy (non-hydrogen) atoms. The minimum Gasteiger partial charge on any atom is -0.376 e. The normalized spacial score (nSPS) is 35.9. The molecule has 1 spiro atoms. The number of carbonyl (C=O) groups is 2. The summed E-state index contributed by atoms with van der Waals surface area (Å²) in [5.41, 5.74) is 5.98. The molecule has 0 aromatic rings. The van der Waals surface area contributed by atoms with Gasteiger partial charge in [-0.1, -0.05) is 19.3 Å². The smallest absolute Gasteiger partial charge is 0.230 e. The quantitative estimate of drug-likeness (QED) is 0.802. The van der Waals surface area contributed by atoms with E-state index in [0.29, 0.717) is 19.4 Å². The topological polar surface area (TPSA) is 72.6 Å². The molecule has 2 amide bonds. The maximum absolute atomic E-state index is 12.6. The summed E-state index contributed by atoms with van der Waals surface area (Å²) < 4.78 is 5.62. The summed E-state index contributed by atoms with van der Waals surface area (Å²) in [6.45, 7) is 2.52. The second-order valence-corrected chi connectivity index (χ2v) is 6.96. The van der Waals surface area contributed by atoms with Gasteiger partial charge in [-0.3, -0.25) is 14.5 Å². The number of imide groups is 1. The Morgan fingerprint density at radius 1 is 1.19 bits per heavy atom. The first-order valence-electron chi connectivity index (χ1n) is 8.28. The van der Waals surface area contributed by atoms with E-state index in [2.05, 4.69) is 0 Å². The minimum atomic E-state index is -0.245. The first-order valence-corrected chi connectivity index (χ1v) is 8.28. The Bertz CT molecular complexity index is 409. The lowest BCUT2D eigenvalue weighted by molar-refractivity contribution is -0.169. The van der Waals surface area contributed by atoms with Crippen molar-refractivity contribution in [1.29, 1.82) is 0 Å². The molecule has 0 radical (unpaired) electrons. The molecule has 2 N–H and O–H groups in total. The van der Waals surface area contributed by atoms with Gasteiger partial charge in [0.25, 0.3) is 0 Å².